The van der Waals surface area contributed by atoms with E-state index in [1.807, 2.05) is 0 Å². The molecule has 5 nitrogen and oxygen atoms in total. The number of nitrogens with zero attached hydrogens (tertiary/aromatic N) is 2. The lowest BCUT2D eigenvalue weighted by Gasteiger charge is -2.21. The summed E-state index contributed by atoms with van der Waals surface area (Å²) in [5.41, 5.74) is 0.579. The Bertz CT molecular complexity index is 562. The van der Waals surface area contributed by atoms with Crippen LogP contribution in [0.25, 0.3) is 0 Å². The highest BCUT2D eigenvalue weighted by molar-refractivity contribution is 5.84. The zero-order valence-electron chi connectivity index (χ0n) is 11.7. The van der Waals surface area contributed by atoms with Gasteiger partial charge in [-0.3, -0.25) is 14.6 Å². The van der Waals surface area contributed by atoms with Crippen LogP contribution in [0.4, 0.5) is 13.2 Å². The van der Waals surface area contributed by atoms with Crippen molar-refractivity contribution in [1.29, 1.82) is 0 Å². The van der Waals surface area contributed by atoms with Crippen molar-refractivity contribution in [2.45, 2.75) is 19.0 Å². The Hall–Kier alpha value is -2.12. The highest BCUT2D eigenvalue weighted by atomic mass is 19.4. The molecule has 2 rings (SSSR count). The average molecular weight is 316 g/mol. The third-order valence-electron chi connectivity index (χ3n) is 3.92. The lowest BCUT2D eigenvalue weighted by atomic mass is 9.96. The van der Waals surface area contributed by atoms with Gasteiger partial charge in [0.15, 0.2) is 0 Å². The van der Waals surface area contributed by atoms with Crippen LogP contribution in [-0.4, -0.2) is 46.1 Å². The van der Waals surface area contributed by atoms with Crippen molar-refractivity contribution in [2.75, 3.05) is 13.1 Å². The zero-order valence-corrected chi connectivity index (χ0v) is 11.7. The molecule has 1 aromatic heterocycles. The molecule has 0 aromatic carbocycles. The number of halogens is 3. The van der Waals surface area contributed by atoms with E-state index in [1.165, 1.54) is 12.4 Å². The van der Waals surface area contributed by atoms with Gasteiger partial charge in [-0.1, -0.05) is 6.07 Å². The van der Waals surface area contributed by atoms with Gasteiger partial charge in [0.05, 0.1) is 17.8 Å². The Kier molecular flexibility index (Phi) is 4.39. The number of carbonyl (C=O) groups is 2. The smallest absolute Gasteiger partial charge is 0.394 e. The maximum Gasteiger partial charge on any atom is 0.394 e. The van der Waals surface area contributed by atoms with Gasteiger partial charge in [-0.15, -0.1) is 0 Å². The number of rotatable bonds is 3. The molecular formula is C14H15F3N2O3. The predicted molar refractivity (Wildman–Crippen MR) is 69.9 cm³/mol. The SMILES string of the molecule is CC(C(=O)N1C[C@@H](C(F)(F)F)[C@H](C(=O)O)C1)c1cccnc1. The zero-order chi connectivity index (χ0) is 16.5. The largest absolute Gasteiger partial charge is 0.481 e. The third kappa shape index (κ3) is 3.20. The van der Waals surface area contributed by atoms with Gasteiger partial charge in [0, 0.05) is 25.5 Å². The molecule has 2 heterocycles. The number of amides is 1. The fraction of sp³-hybridized carbons (Fsp3) is 0.500. The van der Waals surface area contributed by atoms with Crippen molar-refractivity contribution in [3.8, 4) is 0 Å². The topological polar surface area (TPSA) is 70.5 Å². The van der Waals surface area contributed by atoms with Crippen molar-refractivity contribution in [1.82, 2.24) is 9.88 Å². The summed E-state index contributed by atoms with van der Waals surface area (Å²) >= 11 is 0. The summed E-state index contributed by atoms with van der Waals surface area (Å²) in [6.45, 7) is 0.517. The molecule has 1 fully saturated rings. The normalized spacial score (nSPS) is 23.4. The molecule has 1 aliphatic rings. The van der Waals surface area contributed by atoms with Gasteiger partial charge in [-0.05, 0) is 18.6 Å². The number of aliphatic carboxylic acids is 1. The number of aromatic nitrogens is 1. The fourth-order valence-electron chi connectivity index (χ4n) is 2.61. The summed E-state index contributed by atoms with van der Waals surface area (Å²) < 4.78 is 38.8. The Morgan fingerprint density at radius 1 is 1.41 bits per heavy atom. The molecule has 0 spiro atoms. The van der Waals surface area contributed by atoms with Crippen LogP contribution in [0.15, 0.2) is 24.5 Å². The molecule has 0 radical (unpaired) electrons. The number of alkyl halides is 3. The van der Waals surface area contributed by atoms with Gasteiger partial charge in [0.2, 0.25) is 5.91 Å². The van der Waals surface area contributed by atoms with Crippen LogP contribution in [0.3, 0.4) is 0 Å². The van der Waals surface area contributed by atoms with Crippen LogP contribution in [0.5, 0.6) is 0 Å². The van der Waals surface area contributed by atoms with E-state index in [4.69, 9.17) is 5.11 Å². The highest BCUT2D eigenvalue weighted by Crippen LogP contribution is 2.38. The number of carbonyl (C=O) groups excluding carboxylic acids is 1. The maximum atomic E-state index is 12.9. The van der Waals surface area contributed by atoms with E-state index in [9.17, 15) is 22.8 Å². The summed E-state index contributed by atoms with van der Waals surface area (Å²) in [5, 5.41) is 8.95. The molecular weight excluding hydrogens is 301 g/mol. The van der Waals surface area contributed by atoms with Crippen molar-refractivity contribution < 1.29 is 27.9 Å². The molecule has 0 bridgehead atoms. The van der Waals surface area contributed by atoms with Gasteiger partial charge in [-0.2, -0.15) is 13.2 Å². The molecule has 8 heteroatoms. The molecule has 0 aliphatic carbocycles. The van der Waals surface area contributed by atoms with E-state index in [1.54, 1.807) is 19.1 Å². The first-order valence-corrected chi connectivity index (χ1v) is 6.70. The Morgan fingerprint density at radius 3 is 2.55 bits per heavy atom. The second-order valence-corrected chi connectivity index (χ2v) is 5.34. The molecule has 1 aliphatic heterocycles. The molecule has 0 saturated carbocycles. The maximum absolute atomic E-state index is 12.9. The highest BCUT2D eigenvalue weighted by Gasteiger charge is 2.53. The van der Waals surface area contributed by atoms with Gasteiger partial charge in [-0.25, -0.2) is 0 Å². The molecule has 22 heavy (non-hydrogen) atoms. The van der Waals surface area contributed by atoms with Gasteiger partial charge in [0.25, 0.3) is 0 Å². The monoisotopic (exact) mass is 316 g/mol. The van der Waals surface area contributed by atoms with Gasteiger partial charge >= 0.3 is 12.1 Å². The van der Waals surface area contributed by atoms with E-state index in [0.29, 0.717) is 5.56 Å². The first kappa shape index (κ1) is 16.3. The molecule has 1 unspecified atom stereocenters. The quantitative estimate of drug-likeness (QED) is 0.925. The summed E-state index contributed by atoms with van der Waals surface area (Å²) in [7, 11) is 0. The van der Waals surface area contributed by atoms with E-state index >= 15 is 0 Å². The third-order valence-corrected chi connectivity index (χ3v) is 3.92. The van der Waals surface area contributed by atoms with E-state index in [2.05, 4.69) is 4.98 Å². The van der Waals surface area contributed by atoms with Crippen molar-refractivity contribution in [3.63, 3.8) is 0 Å². The van der Waals surface area contributed by atoms with Gasteiger partial charge in [0.1, 0.15) is 0 Å². The number of pyridine rings is 1. The van der Waals surface area contributed by atoms with Crippen molar-refractivity contribution >= 4 is 11.9 Å². The first-order valence-electron chi connectivity index (χ1n) is 6.70. The van der Waals surface area contributed by atoms with E-state index < -0.39 is 48.9 Å². The van der Waals surface area contributed by atoms with Crippen molar-refractivity contribution in [3.05, 3.63) is 30.1 Å². The van der Waals surface area contributed by atoms with Crippen LogP contribution >= 0.6 is 0 Å². The Labute approximate surface area is 124 Å². The lowest BCUT2D eigenvalue weighted by Crippen LogP contribution is -2.35. The second kappa shape index (κ2) is 5.94. The van der Waals surface area contributed by atoms with Crippen LogP contribution in [-0.2, 0) is 9.59 Å². The van der Waals surface area contributed by atoms with Crippen LogP contribution in [0.2, 0.25) is 0 Å². The minimum Gasteiger partial charge on any atom is -0.481 e. The molecule has 120 valence electrons. The lowest BCUT2D eigenvalue weighted by molar-refractivity contribution is -0.188. The summed E-state index contributed by atoms with van der Waals surface area (Å²) in [5.74, 6) is -6.38. The molecule has 1 saturated heterocycles. The number of hydrogen-bond acceptors (Lipinski definition) is 3. The summed E-state index contributed by atoms with van der Waals surface area (Å²) in [6.07, 6.45) is -1.65. The summed E-state index contributed by atoms with van der Waals surface area (Å²) in [4.78, 5) is 28.2. The van der Waals surface area contributed by atoms with Crippen LogP contribution in [0.1, 0.15) is 18.4 Å². The van der Waals surface area contributed by atoms with Crippen molar-refractivity contribution in [2.24, 2.45) is 11.8 Å². The van der Waals surface area contributed by atoms with E-state index in [0.717, 1.165) is 4.90 Å². The molecule has 1 N–H and O–H groups in total. The number of hydrogen-bond donors (Lipinski definition) is 1. The summed E-state index contributed by atoms with van der Waals surface area (Å²) in [6, 6.07) is 3.28. The molecule has 1 amide bonds. The van der Waals surface area contributed by atoms with Gasteiger partial charge < -0.3 is 10.0 Å². The fourth-order valence-corrected chi connectivity index (χ4v) is 2.61. The second-order valence-electron chi connectivity index (χ2n) is 5.34. The van der Waals surface area contributed by atoms with E-state index in [-0.39, 0.29) is 0 Å². The average Bonchev–Trinajstić information content (AvgIpc) is 2.92. The number of carboxylic acids is 1. The van der Waals surface area contributed by atoms with Crippen LogP contribution < -0.4 is 0 Å². The Balaban J connectivity index is 2.16. The number of likely N-dealkylation sites (tertiary alicyclic amines) is 1. The van der Waals surface area contributed by atoms with Crippen LogP contribution in [0, 0.1) is 11.8 Å². The predicted octanol–water partition coefficient (Wildman–Crippen LogP) is 1.91. The molecule has 3 atom stereocenters. The Morgan fingerprint density at radius 2 is 2.09 bits per heavy atom. The minimum atomic E-state index is -4.64. The minimum absolute atomic E-state index is 0.428. The standard InChI is InChI=1S/C14H15F3N2O3/c1-8(9-3-2-4-18-5-9)12(20)19-6-10(13(21)22)11(7-19)14(15,16)17/h2-5,8,10-11H,6-7H2,1H3,(H,21,22)/t8?,10-,11-/m1/s1. The molecule has 1 aromatic rings. The number of carboxylic acid groups (broad SMARTS) is 1. The first-order chi connectivity index (χ1) is 10.2.